The van der Waals surface area contributed by atoms with Crippen LogP contribution in [0.2, 0.25) is 0 Å². The van der Waals surface area contributed by atoms with Crippen LogP contribution in [-0.4, -0.2) is 42.2 Å². The first kappa shape index (κ1) is 20.8. The van der Waals surface area contributed by atoms with E-state index in [0.29, 0.717) is 12.0 Å². The second kappa shape index (κ2) is 10.6. The van der Waals surface area contributed by atoms with Crippen LogP contribution in [0.4, 0.5) is 5.69 Å². The molecule has 2 N–H and O–H groups in total. The summed E-state index contributed by atoms with van der Waals surface area (Å²) in [6.45, 7) is 8.69. The normalized spacial score (nSPS) is 23.9. The van der Waals surface area contributed by atoms with Crippen molar-refractivity contribution in [2.75, 3.05) is 36.2 Å². The van der Waals surface area contributed by atoms with E-state index < -0.39 is 11.0 Å². The Morgan fingerprint density at radius 3 is 2.56 bits per heavy atom. The zero-order chi connectivity index (χ0) is 19.1. The number of anilines is 1. The van der Waals surface area contributed by atoms with Gasteiger partial charge in [0.15, 0.2) is 0 Å². The van der Waals surface area contributed by atoms with Crippen molar-refractivity contribution in [2.45, 2.75) is 64.3 Å². The number of piperidine rings is 1. The minimum absolute atomic E-state index is 0.649. The lowest BCUT2D eigenvalue weighted by Crippen LogP contribution is -2.34. The Morgan fingerprint density at radius 2 is 1.89 bits per heavy atom. The van der Waals surface area contributed by atoms with Crippen molar-refractivity contribution in [2.24, 2.45) is 5.92 Å². The molecule has 2 aliphatic rings. The van der Waals surface area contributed by atoms with Crippen LogP contribution in [0.15, 0.2) is 24.3 Å². The van der Waals surface area contributed by atoms with Crippen LogP contribution in [0, 0.1) is 5.92 Å². The summed E-state index contributed by atoms with van der Waals surface area (Å²) in [4.78, 5) is 0. The van der Waals surface area contributed by atoms with Crippen molar-refractivity contribution in [1.29, 1.82) is 0 Å². The summed E-state index contributed by atoms with van der Waals surface area (Å²) in [5.41, 5.74) is 2.54. The molecule has 1 saturated heterocycles. The van der Waals surface area contributed by atoms with Gasteiger partial charge in [-0.15, -0.1) is 0 Å². The molecule has 1 aromatic rings. The Bertz CT molecular complexity index is 586. The second-order valence-electron chi connectivity index (χ2n) is 8.12. The minimum atomic E-state index is -0.909. The van der Waals surface area contributed by atoms with Crippen molar-refractivity contribution >= 4 is 16.7 Å². The highest BCUT2D eigenvalue weighted by Crippen LogP contribution is 2.41. The average molecular weight is 392 g/mol. The summed E-state index contributed by atoms with van der Waals surface area (Å²) in [6, 6.07) is 9.53. The maximum Gasteiger partial charge on any atom is 0.119 e. The smallest absolute Gasteiger partial charge is 0.119 e. The van der Waals surface area contributed by atoms with Crippen LogP contribution >= 0.6 is 0 Å². The highest BCUT2D eigenvalue weighted by molar-refractivity contribution is 7.86. The van der Waals surface area contributed by atoms with Crippen LogP contribution in [0.1, 0.15) is 63.9 Å². The molecule has 5 heteroatoms. The van der Waals surface area contributed by atoms with E-state index in [-0.39, 0.29) is 0 Å². The Morgan fingerprint density at radius 1 is 1.15 bits per heavy atom. The van der Waals surface area contributed by atoms with Gasteiger partial charge in [0.1, 0.15) is 11.0 Å². The van der Waals surface area contributed by atoms with Gasteiger partial charge in [0, 0.05) is 29.9 Å². The Hall–Kier alpha value is -0.910. The van der Waals surface area contributed by atoms with Gasteiger partial charge >= 0.3 is 0 Å². The van der Waals surface area contributed by atoms with Crippen molar-refractivity contribution in [3.8, 4) is 0 Å². The number of rotatable bonds is 11. The number of nitrogens with zero attached hydrogens (tertiary/aromatic N) is 1. The van der Waals surface area contributed by atoms with E-state index in [1.54, 1.807) is 0 Å². The summed E-state index contributed by atoms with van der Waals surface area (Å²) in [6.07, 6.45) is 7.04. The predicted molar refractivity (Wildman–Crippen MR) is 117 cm³/mol. The summed E-state index contributed by atoms with van der Waals surface area (Å²) < 4.78 is 14.7. The monoisotopic (exact) mass is 391 g/mol. The van der Waals surface area contributed by atoms with Crippen LogP contribution in [0.5, 0.6) is 0 Å². The lowest BCUT2D eigenvalue weighted by molar-refractivity contribution is 0.355. The Labute approximate surface area is 168 Å². The largest absolute Gasteiger partial charge is 0.317 e. The molecule has 1 aromatic carbocycles. The molecule has 152 valence electrons. The maximum absolute atomic E-state index is 12.6. The van der Waals surface area contributed by atoms with Crippen LogP contribution < -0.4 is 14.9 Å². The quantitative estimate of drug-likeness (QED) is 0.603. The van der Waals surface area contributed by atoms with Crippen LogP contribution in [0.3, 0.4) is 0 Å². The molecule has 2 fully saturated rings. The lowest BCUT2D eigenvalue weighted by Gasteiger charge is -2.23. The fraction of sp³-hybridized carbons (Fsp3) is 0.727. The van der Waals surface area contributed by atoms with E-state index in [2.05, 4.69) is 53.1 Å². The average Bonchev–Trinajstić information content (AvgIpc) is 3.48. The Kier molecular flexibility index (Phi) is 8.16. The first-order chi connectivity index (χ1) is 13.2. The minimum Gasteiger partial charge on any atom is -0.317 e. The molecular formula is C22H37N3OS. The number of hydrogen-bond donors (Lipinski definition) is 2. The molecule has 0 aromatic heterocycles. The lowest BCUT2D eigenvalue weighted by atomic mass is 9.98. The van der Waals surface area contributed by atoms with Crippen LogP contribution in [-0.2, 0) is 11.0 Å². The highest BCUT2D eigenvalue weighted by atomic mass is 32.2. The van der Waals surface area contributed by atoms with Gasteiger partial charge in [-0.1, -0.05) is 32.4 Å². The van der Waals surface area contributed by atoms with Gasteiger partial charge in [0.05, 0.1) is 0 Å². The van der Waals surface area contributed by atoms with Crippen LogP contribution in [0.25, 0.3) is 0 Å². The molecule has 3 atom stereocenters. The van der Waals surface area contributed by atoms with Gasteiger partial charge in [-0.25, -0.2) is 4.21 Å². The van der Waals surface area contributed by atoms with Gasteiger partial charge in [-0.3, -0.25) is 4.31 Å². The fourth-order valence-corrected chi connectivity index (χ4v) is 5.27. The summed E-state index contributed by atoms with van der Waals surface area (Å²) in [5.74, 6) is 2.25. The van der Waals surface area contributed by atoms with E-state index in [4.69, 9.17) is 0 Å². The third kappa shape index (κ3) is 6.03. The molecule has 0 radical (unpaired) electrons. The van der Waals surface area contributed by atoms with Crippen molar-refractivity contribution in [3.05, 3.63) is 29.8 Å². The summed E-state index contributed by atoms with van der Waals surface area (Å²) in [7, 11) is -0.909. The standard InChI is InChI=1S/C22H37N3OS/c1-3-5-14-25(27(26)15-4-2)20-8-6-19(7-9-20)21-16-22(21)24-17-18-10-12-23-13-11-18/h6-9,18,21-24H,3-5,10-17H2,1-2H3. The van der Waals surface area contributed by atoms with Gasteiger partial charge in [0.2, 0.25) is 0 Å². The maximum atomic E-state index is 12.6. The number of nitrogens with one attached hydrogen (secondary N) is 2. The van der Waals surface area contributed by atoms with E-state index >= 15 is 0 Å². The van der Waals surface area contributed by atoms with Gasteiger partial charge < -0.3 is 10.6 Å². The molecule has 3 rings (SSSR count). The predicted octanol–water partition coefficient (Wildman–Crippen LogP) is 3.81. The van der Waals surface area contributed by atoms with E-state index in [1.807, 2.05) is 0 Å². The molecule has 0 bridgehead atoms. The molecule has 27 heavy (non-hydrogen) atoms. The molecule has 0 amide bonds. The number of benzene rings is 1. The van der Waals surface area contributed by atoms with E-state index in [9.17, 15) is 4.21 Å². The Balaban J connectivity index is 1.52. The number of hydrogen-bond acceptors (Lipinski definition) is 3. The fourth-order valence-electron chi connectivity index (χ4n) is 4.02. The third-order valence-electron chi connectivity index (χ3n) is 5.87. The van der Waals surface area contributed by atoms with E-state index in [0.717, 1.165) is 43.2 Å². The van der Waals surface area contributed by atoms with E-state index in [1.165, 1.54) is 44.5 Å². The second-order valence-corrected chi connectivity index (χ2v) is 9.62. The highest BCUT2D eigenvalue weighted by Gasteiger charge is 2.38. The molecule has 1 saturated carbocycles. The van der Waals surface area contributed by atoms with Crippen molar-refractivity contribution in [1.82, 2.24) is 10.6 Å². The van der Waals surface area contributed by atoms with Crippen molar-refractivity contribution < 1.29 is 4.21 Å². The van der Waals surface area contributed by atoms with Gasteiger partial charge in [-0.2, -0.15) is 0 Å². The molecule has 0 spiro atoms. The summed E-state index contributed by atoms with van der Waals surface area (Å²) in [5, 5.41) is 7.23. The zero-order valence-corrected chi connectivity index (χ0v) is 17.9. The third-order valence-corrected chi connectivity index (χ3v) is 7.51. The molecule has 1 aliphatic heterocycles. The molecule has 3 unspecified atom stereocenters. The SMILES string of the molecule is CCCCN(c1ccc(C2CC2NCC2CCNCC2)cc1)S(=O)CCC. The van der Waals surface area contributed by atoms with Gasteiger partial charge in [0.25, 0.3) is 0 Å². The first-order valence-electron chi connectivity index (χ1n) is 10.9. The molecule has 1 heterocycles. The summed E-state index contributed by atoms with van der Waals surface area (Å²) >= 11 is 0. The van der Waals surface area contributed by atoms with Gasteiger partial charge in [-0.05, 0) is 75.4 Å². The molecular weight excluding hydrogens is 354 g/mol. The topological polar surface area (TPSA) is 44.4 Å². The van der Waals surface area contributed by atoms with Crippen molar-refractivity contribution in [3.63, 3.8) is 0 Å². The number of unbranched alkanes of at least 4 members (excludes halogenated alkanes) is 1. The molecule has 1 aliphatic carbocycles. The zero-order valence-electron chi connectivity index (χ0n) is 17.1. The first-order valence-corrected chi connectivity index (χ1v) is 12.2. The molecule has 4 nitrogen and oxygen atoms in total.